The van der Waals surface area contributed by atoms with Gasteiger partial charge in [-0.2, -0.15) is 5.10 Å². The van der Waals surface area contributed by atoms with Gasteiger partial charge in [-0.1, -0.05) is 29.3 Å². The van der Waals surface area contributed by atoms with E-state index in [-0.39, 0.29) is 12.4 Å². The molecular weight excluding hydrogens is 375 g/mol. The first-order valence-corrected chi connectivity index (χ1v) is 8.73. The van der Waals surface area contributed by atoms with E-state index in [0.29, 0.717) is 39.4 Å². The van der Waals surface area contributed by atoms with E-state index in [4.69, 9.17) is 32.4 Å². The Kier molecular flexibility index (Phi) is 5.81. The highest BCUT2D eigenvalue weighted by atomic mass is 35.5. The molecule has 0 amide bonds. The number of furan rings is 1. The van der Waals surface area contributed by atoms with E-state index >= 15 is 0 Å². The van der Waals surface area contributed by atoms with E-state index in [9.17, 15) is 4.79 Å². The van der Waals surface area contributed by atoms with Crippen molar-refractivity contribution in [3.63, 3.8) is 0 Å². The van der Waals surface area contributed by atoms with Crippen LogP contribution in [0.5, 0.6) is 5.75 Å². The van der Waals surface area contributed by atoms with Crippen LogP contribution >= 0.6 is 23.2 Å². The predicted octanol–water partition coefficient (Wildman–Crippen LogP) is 5.28. The van der Waals surface area contributed by atoms with E-state index < -0.39 is 0 Å². The topological polar surface area (TPSA) is 57.3 Å². The van der Waals surface area contributed by atoms with Crippen molar-refractivity contribution < 1.29 is 13.9 Å². The molecule has 3 rings (SSSR count). The van der Waals surface area contributed by atoms with Crippen molar-refractivity contribution in [3.05, 3.63) is 75.9 Å². The summed E-state index contributed by atoms with van der Waals surface area (Å²) in [6.45, 7) is 2.85. The summed E-state index contributed by atoms with van der Waals surface area (Å²) in [5, 5.41) is 4.95. The maximum atomic E-state index is 12.1. The number of ketones is 1. The van der Waals surface area contributed by atoms with Gasteiger partial charge in [-0.15, -0.1) is 0 Å². The molecule has 0 fully saturated rings. The SMILES string of the molecule is CCn1cc(C(=O)/C=C/c2ccc(COc3c(Cl)cccc3Cl)o2)cn1. The van der Waals surface area contributed by atoms with Crippen LogP contribution in [0.2, 0.25) is 10.0 Å². The molecule has 7 heteroatoms. The van der Waals surface area contributed by atoms with Gasteiger partial charge in [0.15, 0.2) is 11.5 Å². The molecule has 0 unspecified atom stereocenters. The lowest BCUT2D eigenvalue weighted by molar-refractivity contribution is 0.104. The van der Waals surface area contributed by atoms with Crippen LogP contribution in [-0.4, -0.2) is 15.6 Å². The highest BCUT2D eigenvalue weighted by Gasteiger charge is 2.09. The quantitative estimate of drug-likeness (QED) is 0.406. The number of hydrogen-bond donors (Lipinski definition) is 0. The Morgan fingerprint density at radius 3 is 2.73 bits per heavy atom. The molecular formula is C19H16Cl2N2O3. The monoisotopic (exact) mass is 390 g/mol. The molecule has 0 aliphatic carbocycles. The van der Waals surface area contributed by atoms with E-state index in [1.54, 1.807) is 53.5 Å². The molecule has 26 heavy (non-hydrogen) atoms. The number of allylic oxidation sites excluding steroid dienone is 1. The van der Waals surface area contributed by atoms with E-state index in [2.05, 4.69) is 5.10 Å². The van der Waals surface area contributed by atoms with Crippen LogP contribution in [0.4, 0.5) is 0 Å². The fourth-order valence-corrected chi connectivity index (χ4v) is 2.75. The Bertz CT molecular complexity index is 924. The van der Waals surface area contributed by atoms with Crippen LogP contribution in [0, 0.1) is 0 Å². The van der Waals surface area contributed by atoms with Crippen molar-refractivity contribution in [2.24, 2.45) is 0 Å². The predicted molar refractivity (Wildman–Crippen MR) is 101 cm³/mol. The highest BCUT2D eigenvalue weighted by molar-refractivity contribution is 6.37. The van der Waals surface area contributed by atoms with Crippen molar-refractivity contribution in [1.29, 1.82) is 0 Å². The molecule has 0 N–H and O–H groups in total. The van der Waals surface area contributed by atoms with Gasteiger partial charge in [0, 0.05) is 12.7 Å². The number of carbonyl (C=O) groups excluding carboxylic acids is 1. The second-order valence-corrected chi connectivity index (χ2v) is 6.24. The van der Waals surface area contributed by atoms with Crippen LogP contribution in [0.1, 0.15) is 28.8 Å². The molecule has 0 atom stereocenters. The fraction of sp³-hybridized carbons (Fsp3) is 0.158. The van der Waals surface area contributed by atoms with Gasteiger partial charge >= 0.3 is 0 Å². The lowest BCUT2D eigenvalue weighted by atomic mass is 10.2. The molecule has 2 aromatic heterocycles. The summed E-state index contributed by atoms with van der Waals surface area (Å²) in [6, 6.07) is 8.67. The molecule has 0 spiro atoms. The van der Waals surface area contributed by atoms with Crippen LogP contribution in [0.3, 0.4) is 0 Å². The molecule has 0 aliphatic heterocycles. The Labute approximate surface area is 160 Å². The second kappa shape index (κ2) is 8.25. The average Bonchev–Trinajstić information content (AvgIpc) is 3.28. The summed E-state index contributed by atoms with van der Waals surface area (Å²) in [5.74, 6) is 1.41. The third kappa shape index (κ3) is 4.36. The number of halogens is 2. The van der Waals surface area contributed by atoms with Gasteiger partial charge in [-0.25, -0.2) is 0 Å². The summed E-state index contributed by atoms with van der Waals surface area (Å²) < 4.78 is 12.9. The van der Waals surface area contributed by atoms with Crippen molar-refractivity contribution in [1.82, 2.24) is 9.78 Å². The Balaban J connectivity index is 1.61. The number of hydrogen-bond acceptors (Lipinski definition) is 4. The zero-order valence-corrected chi connectivity index (χ0v) is 15.5. The zero-order valence-electron chi connectivity index (χ0n) is 14.0. The summed E-state index contributed by atoms with van der Waals surface area (Å²) in [7, 11) is 0. The van der Waals surface area contributed by atoms with Crippen molar-refractivity contribution >= 4 is 35.1 Å². The molecule has 5 nitrogen and oxygen atoms in total. The average molecular weight is 391 g/mol. The third-order valence-corrected chi connectivity index (χ3v) is 4.20. The maximum Gasteiger partial charge on any atom is 0.189 e. The van der Waals surface area contributed by atoms with Gasteiger partial charge in [-0.05, 0) is 43.3 Å². The number of nitrogens with zero attached hydrogens (tertiary/aromatic N) is 2. The minimum Gasteiger partial charge on any atom is -0.483 e. The van der Waals surface area contributed by atoms with Crippen molar-refractivity contribution in [3.8, 4) is 5.75 Å². The van der Waals surface area contributed by atoms with Crippen LogP contribution < -0.4 is 4.74 Å². The first-order valence-electron chi connectivity index (χ1n) is 7.97. The lowest BCUT2D eigenvalue weighted by Crippen LogP contribution is -1.95. The number of aromatic nitrogens is 2. The largest absolute Gasteiger partial charge is 0.483 e. The maximum absolute atomic E-state index is 12.1. The van der Waals surface area contributed by atoms with Gasteiger partial charge in [0.2, 0.25) is 0 Å². The fourth-order valence-electron chi connectivity index (χ4n) is 2.24. The van der Waals surface area contributed by atoms with Gasteiger partial charge in [-0.3, -0.25) is 9.48 Å². The minimum atomic E-state index is -0.137. The number of ether oxygens (including phenoxy) is 1. The Morgan fingerprint density at radius 2 is 2.04 bits per heavy atom. The second-order valence-electron chi connectivity index (χ2n) is 5.43. The molecule has 1 aromatic carbocycles. The van der Waals surface area contributed by atoms with Gasteiger partial charge in [0.05, 0.1) is 21.8 Å². The molecule has 0 radical (unpaired) electrons. The third-order valence-electron chi connectivity index (χ3n) is 3.60. The zero-order chi connectivity index (χ0) is 18.5. The summed E-state index contributed by atoms with van der Waals surface area (Å²) in [6.07, 6.45) is 6.31. The summed E-state index contributed by atoms with van der Waals surface area (Å²) in [5.41, 5.74) is 0.534. The first-order chi connectivity index (χ1) is 12.6. The molecule has 0 saturated heterocycles. The number of aryl methyl sites for hydroxylation is 1. The van der Waals surface area contributed by atoms with Crippen LogP contribution in [-0.2, 0) is 13.2 Å². The molecule has 2 heterocycles. The van der Waals surface area contributed by atoms with E-state index in [1.807, 2.05) is 6.92 Å². The van der Waals surface area contributed by atoms with Crippen LogP contribution in [0.25, 0.3) is 6.08 Å². The van der Waals surface area contributed by atoms with Crippen molar-refractivity contribution in [2.75, 3.05) is 0 Å². The molecule has 3 aromatic rings. The van der Waals surface area contributed by atoms with Crippen LogP contribution in [0.15, 0.2) is 53.2 Å². The molecule has 0 bridgehead atoms. The first kappa shape index (κ1) is 18.3. The molecule has 134 valence electrons. The minimum absolute atomic E-state index is 0.137. The van der Waals surface area contributed by atoms with Gasteiger partial charge in [0.25, 0.3) is 0 Å². The van der Waals surface area contributed by atoms with Crippen molar-refractivity contribution in [2.45, 2.75) is 20.1 Å². The Morgan fingerprint density at radius 1 is 1.27 bits per heavy atom. The normalized spacial score (nSPS) is 11.2. The number of benzene rings is 1. The van der Waals surface area contributed by atoms with E-state index in [0.717, 1.165) is 0 Å². The molecule has 0 saturated carbocycles. The summed E-state index contributed by atoms with van der Waals surface area (Å²) >= 11 is 12.1. The Hall–Kier alpha value is -2.50. The van der Waals surface area contributed by atoms with Gasteiger partial charge in [0.1, 0.15) is 18.1 Å². The summed E-state index contributed by atoms with van der Waals surface area (Å²) in [4.78, 5) is 12.1. The highest BCUT2D eigenvalue weighted by Crippen LogP contribution is 2.33. The number of rotatable bonds is 7. The standard InChI is InChI=1S/C19H16Cl2N2O3/c1-2-23-11-13(10-22-23)18(24)9-8-14-6-7-15(26-14)12-25-19-16(20)4-3-5-17(19)21/h3-11H,2,12H2,1H3/b9-8+. The molecule has 0 aliphatic rings. The van der Waals surface area contributed by atoms with E-state index in [1.165, 1.54) is 6.08 Å². The smallest absolute Gasteiger partial charge is 0.189 e. The number of carbonyl (C=O) groups is 1. The van der Waals surface area contributed by atoms with Gasteiger partial charge < -0.3 is 9.15 Å². The number of para-hydroxylation sites is 1. The lowest BCUT2D eigenvalue weighted by Gasteiger charge is -2.07.